The van der Waals surface area contributed by atoms with Crippen LogP contribution in [0.15, 0.2) is 60.0 Å². The van der Waals surface area contributed by atoms with E-state index in [1.165, 1.54) is 0 Å². The summed E-state index contributed by atoms with van der Waals surface area (Å²) in [4.78, 5) is 11.7. The molecule has 0 bridgehead atoms. The second-order valence-electron chi connectivity index (χ2n) is 4.31. The van der Waals surface area contributed by atoms with Gasteiger partial charge >= 0.3 is 5.91 Å². The van der Waals surface area contributed by atoms with Crippen LogP contribution in [0.25, 0.3) is 0 Å². The molecular formula is C16H18ClN3O2. The Balaban J connectivity index is 0.00000242. The lowest BCUT2D eigenvalue weighted by atomic mass is 10.2. The molecule has 0 atom stereocenters. The quantitative estimate of drug-likeness (QED) is 0.401. The molecule has 6 heteroatoms. The van der Waals surface area contributed by atoms with Gasteiger partial charge in [0.2, 0.25) is 6.54 Å². The van der Waals surface area contributed by atoms with Crippen LogP contribution in [0.4, 0.5) is 0 Å². The molecule has 1 amide bonds. The van der Waals surface area contributed by atoms with Gasteiger partial charge in [-0.15, -0.1) is 0 Å². The number of pyridine rings is 1. The highest BCUT2D eigenvalue weighted by atomic mass is 35.5. The Kier molecular flexibility index (Phi) is 7.64. The van der Waals surface area contributed by atoms with E-state index in [1.54, 1.807) is 10.8 Å². The van der Waals surface area contributed by atoms with Gasteiger partial charge in [-0.2, -0.15) is 9.67 Å². The van der Waals surface area contributed by atoms with Crippen molar-refractivity contribution in [1.29, 1.82) is 0 Å². The molecule has 1 aromatic heterocycles. The van der Waals surface area contributed by atoms with Crippen LogP contribution in [-0.2, 0) is 11.3 Å². The number of nitrogens with zero attached hydrogens (tertiary/aromatic N) is 2. The Morgan fingerprint density at radius 3 is 2.68 bits per heavy atom. The maximum atomic E-state index is 11.7. The standard InChI is InChI=1S/C16H17N3O2.ClH/c1-2-21-15-9-5-4-8-14(15)12-17-18-16(20)13-19-10-6-3-7-11-19;/h3-12H,2,13H2,1H3;1H. The number of hydrogen-bond donors (Lipinski definition) is 1. The van der Waals surface area contributed by atoms with E-state index in [0.717, 1.165) is 11.3 Å². The molecular weight excluding hydrogens is 302 g/mol. The molecule has 2 aromatic rings. The predicted molar refractivity (Wildman–Crippen MR) is 80.0 cm³/mol. The molecule has 0 radical (unpaired) electrons. The molecule has 0 fully saturated rings. The minimum absolute atomic E-state index is 0. The fraction of sp³-hybridized carbons (Fsp3) is 0.188. The van der Waals surface area contributed by atoms with E-state index >= 15 is 0 Å². The van der Waals surface area contributed by atoms with Crippen LogP contribution in [0.1, 0.15) is 12.5 Å². The van der Waals surface area contributed by atoms with Crippen molar-refractivity contribution in [3.05, 3.63) is 60.4 Å². The molecule has 0 aliphatic heterocycles. The molecule has 0 aliphatic carbocycles. The number of para-hydroxylation sites is 1. The first-order valence-corrected chi connectivity index (χ1v) is 6.77. The molecule has 0 spiro atoms. The van der Waals surface area contributed by atoms with Crippen LogP contribution in [0, 0.1) is 0 Å². The van der Waals surface area contributed by atoms with Crippen molar-refractivity contribution in [3.8, 4) is 5.75 Å². The number of aromatic nitrogens is 1. The number of benzene rings is 1. The second-order valence-corrected chi connectivity index (χ2v) is 4.31. The smallest absolute Gasteiger partial charge is 0.305 e. The number of carbonyl (C=O) groups is 1. The molecule has 0 unspecified atom stereocenters. The fourth-order valence-electron chi connectivity index (χ4n) is 1.79. The van der Waals surface area contributed by atoms with Crippen molar-refractivity contribution < 1.29 is 26.5 Å². The zero-order chi connectivity index (χ0) is 14.9. The predicted octanol–water partition coefficient (Wildman–Crippen LogP) is -1.47. The average molecular weight is 320 g/mol. The Hall–Kier alpha value is -2.40. The number of amides is 1. The van der Waals surface area contributed by atoms with Crippen molar-refractivity contribution in [2.24, 2.45) is 5.10 Å². The lowest BCUT2D eigenvalue weighted by molar-refractivity contribution is -0.684. The van der Waals surface area contributed by atoms with Gasteiger partial charge in [0.1, 0.15) is 5.75 Å². The van der Waals surface area contributed by atoms with Gasteiger partial charge < -0.3 is 17.1 Å². The SMILES string of the molecule is CCOc1ccccc1C=NNC(=O)C[n+]1ccccc1.[Cl-]. The van der Waals surface area contributed by atoms with E-state index in [-0.39, 0.29) is 24.9 Å². The minimum atomic E-state index is -0.184. The molecule has 5 nitrogen and oxygen atoms in total. The van der Waals surface area contributed by atoms with E-state index < -0.39 is 0 Å². The average Bonchev–Trinajstić information content (AvgIpc) is 2.50. The van der Waals surface area contributed by atoms with E-state index in [4.69, 9.17) is 4.74 Å². The molecule has 1 N–H and O–H groups in total. The molecule has 2 rings (SSSR count). The first-order valence-electron chi connectivity index (χ1n) is 6.77. The third-order valence-electron chi connectivity index (χ3n) is 2.72. The molecule has 1 aromatic carbocycles. The normalized spacial score (nSPS) is 10.0. The summed E-state index contributed by atoms with van der Waals surface area (Å²) in [6, 6.07) is 13.2. The molecule has 22 heavy (non-hydrogen) atoms. The largest absolute Gasteiger partial charge is 1.00 e. The van der Waals surface area contributed by atoms with Crippen molar-refractivity contribution in [2.45, 2.75) is 13.5 Å². The summed E-state index contributed by atoms with van der Waals surface area (Å²) in [6.07, 6.45) is 5.24. The summed E-state index contributed by atoms with van der Waals surface area (Å²) in [6.45, 7) is 2.74. The maximum absolute atomic E-state index is 11.7. The van der Waals surface area contributed by atoms with E-state index in [1.807, 2.05) is 61.8 Å². The highest BCUT2D eigenvalue weighted by Crippen LogP contribution is 2.15. The van der Waals surface area contributed by atoms with E-state index in [2.05, 4.69) is 10.5 Å². The zero-order valence-electron chi connectivity index (χ0n) is 12.3. The van der Waals surface area contributed by atoms with Crippen LogP contribution in [0.5, 0.6) is 5.75 Å². The summed E-state index contributed by atoms with van der Waals surface area (Å²) < 4.78 is 7.26. The van der Waals surface area contributed by atoms with Crippen LogP contribution in [-0.4, -0.2) is 18.7 Å². The number of ether oxygens (including phenoxy) is 1. The van der Waals surface area contributed by atoms with Gasteiger partial charge in [0.15, 0.2) is 12.4 Å². The highest BCUT2D eigenvalue weighted by Gasteiger charge is 2.06. The lowest BCUT2D eigenvalue weighted by Crippen LogP contribution is -3.00. The van der Waals surface area contributed by atoms with Gasteiger partial charge in [0.05, 0.1) is 12.8 Å². The summed E-state index contributed by atoms with van der Waals surface area (Å²) >= 11 is 0. The van der Waals surface area contributed by atoms with Gasteiger partial charge in [-0.1, -0.05) is 18.2 Å². The van der Waals surface area contributed by atoms with Crippen molar-refractivity contribution in [3.63, 3.8) is 0 Å². The van der Waals surface area contributed by atoms with E-state index in [0.29, 0.717) is 6.61 Å². The van der Waals surface area contributed by atoms with E-state index in [9.17, 15) is 4.79 Å². The zero-order valence-corrected chi connectivity index (χ0v) is 13.0. The number of hydrogen-bond acceptors (Lipinski definition) is 3. The number of nitrogens with one attached hydrogen (secondary N) is 1. The molecule has 0 aliphatic rings. The summed E-state index contributed by atoms with van der Waals surface area (Å²) in [5, 5.41) is 3.96. The molecule has 1 heterocycles. The van der Waals surface area contributed by atoms with Gasteiger partial charge in [-0.25, -0.2) is 5.43 Å². The Morgan fingerprint density at radius 1 is 1.23 bits per heavy atom. The third-order valence-corrected chi connectivity index (χ3v) is 2.72. The van der Waals surface area contributed by atoms with Crippen LogP contribution in [0.3, 0.4) is 0 Å². The van der Waals surface area contributed by atoms with Crippen LogP contribution in [0.2, 0.25) is 0 Å². The van der Waals surface area contributed by atoms with Gasteiger partial charge in [0.25, 0.3) is 0 Å². The summed E-state index contributed by atoms with van der Waals surface area (Å²) in [7, 11) is 0. The maximum Gasteiger partial charge on any atom is 0.305 e. The van der Waals surface area contributed by atoms with Crippen molar-refractivity contribution in [2.75, 3.05) is 6.61 Å². The summed E-state index contributed by atoms with van der Waals surface area (Å²) in [5.41, 5.74) is 3.33. The van der Waals surface area contributed by atoms with Crippen LogP contribution < -0.4 is 27.1 Å². The minimum Gasteiger partial charge on any atom is -1.00 e. The number of hydrazone groups is 1. The Morgan fingerprint density at radius 2 is 1.95 bits per heavy atom. The lowest BCUT2D eigenvalue weighted by Gasteiger charge is -2.05. The first-order chi connectivity index (χ1) is 10.3. The second kappa shape index (κ2) is 9.52. The topological polar surface area (TPSA) is 54.6 Å². The Labute approximate surface area is 136 Å². The Bertz CT molecular complexity index is 618. The monoisotopic (exact) mass is 319 g/mol. The van der Waals surface area contributed by atoms with Crippen molar-refractivity contribution >= 4 is 12.1 Å². The molecule has 0 saturated heterocycles. The molecule has 0 saturated carbocycles. The first kappa shape index (κ1) is 17.7. The van der Waals surface area contributed by atoms with Gasteiger partial charge in [-0.3, -0.25) is 4.79 Å². The van der Waals surface area contributed by atoms with Crippen LogP contribution >= 0.6 is 0 Å². The van der Waals surface area contributed by atoms with Gasteiger partial charge in [0, 0.05) is 17.7 Å². The van der Waals surface area contributed by atoms with Gasteiger partial charge in [-0.05, 0) is 19.1 Å². The third kappa shape index (κ3) is 5.54. The van der Waals surface area contributed by atoms with Crippen molar-refractivity contribution in [1.82, 2.24) is 5.43 Å². The number of halogens is 1. The summed E-state index contributed by atoms with van der Waals surface area (Å²) in [5.74, 6) is 0.562. The number of rotatable bonds is 6. The number of carbonyl (C=O) groups excluding carboxylic acids is 1. The highest BCUT2D eigenvalue weighted by molar-refractivity contribution is 5.84. The molecule has 116 valence electrons. The fourth-order valence-corrected chi connectivity index (χ4v) is 1.79.